The van der Waals surface area contributed by atoms with Crippen molar-refractivity contribution in [3.05, 3.63) is 102 Å². The molecule has 0 aliphatic carbocycles. The Labute approximate surface area is 229 Å². The summed E-state index contributed by atoms with van der Waals surface area (Å²) in [6, 6.07) is 23.3. The van der Waals surface area contributed by atoms with Gasteiger partial charge < -0.3 is 10.6 Å². The second kappa shape index (κ2) is 21.2. The number of rotatable bonds is 7. The van der Waals surface area contributed by atoms with Gasteiger partial charge in [-0.25, -0.2) is 0 Å². The van der Waals surface area contributed by atoms with Gasteiger partial charge >= 0.3 is 0 Å². The van der Waals surface area contributed by atoms with Crippen LogP contribution in [0.3, 0.4) is 0 Å². The van der Waals surface area contributed by atoms with E-state index < -0.39 is 0 Å². The van der Waals surface area contributed by atoms with Crippen molar-refractivity contribution in [1.29, 1.82) is 0 Å². The summed E-state index contributed by atoms with van der Waals surface area (Å²) in [4.78, 5) is 0. The molecular weight excluding hydrogens is 450 g/mol. The Hall–Kier alpha value is -2.88. The molecule has 206 valence electrons. The normalized spacial score (nSPS) is 9.73. The minimum absolute atomic E-state index is 0.139. The van der Waals surface area contributed by atoms with Crippen LogP contribution in [0, 0.1) is 0 Å². The van der Waals surface area contributed by atoms with Crippen LogP contribution >= 0.6 is 0 Å². The molecule has 37 heavy (non-hydrogen) atoms. The summed E-state index contributed by atoms with van der Waals surface area (Å²) in [5.41, 5.74) is 4.71. The van der Waals surface area contributed by atoms with Crippen molar-refractivity contribution >= 4 is 16.8 Å². The number of hydrogen-bond donors (Lipinski definition) is 3. The fraction of sp³-hybridized carbons (Fsp3) is 0.412. The molecule has 0 heterocycles. The molecule has 0 spiro atoms. The molecule has 3 aromatic carbocycles. The van der Waals surface area contributed by atoms with E-state index in [1.165, 1.54) is 21.9 Å². The molecule has 0 radical (unpaired) electrons. The predicted molar refractivity (Wildman–Crippen MR) is 171 cm³/mol. The number of nitrogens with one attached hydrogen (secondary N) is 3. The first-order chi connectivity index (χ1) is 17.7. The molecule has 3 aromatic rings. The number of allylic oxidation sites excluding steroid dienone is 1. The Kier molecular flexibility index (Phi) is 20.8. The van der Waals surface area contributed by atoms with E-state index in [0.717, 1.165) is 17.7 Å². The van der Waals surface area contributed by atoms with Crippen molar-refractivity contribution < 1.29 is 0 Å². The highest BCUT2D eigenvalue weighted by Gasteiger charge is 2.14. The Morgan fingerprint density at radius 2 is 1.35 bits per heavy atom. The molecule has 0 aromatic heterocycles. The van der Waals surface area contributed by atoms with Crippen LogP contribution in [0.25, 0.3) is 16.8 Å². The molecule has 0 amide bonds. The molecular formula is C34H55N3. The third kappa shape index (κ3) is 14.4. The Balaban J connectivity index is 0. The van der Waals surface area contributed by atoms with E-state index in [9.17, 15) is 0 Å². The van der Waals surface area contributed by atoms with Crippen molar-refractivity contribution in [2.24, 2.45) is 0 Å². The lowest BCUT2D eigenvalue weighted by Crippen LogP contribution is -2.49. The maximum absolute atomic E-state index is 4.07. The summed E-state index contributed by atoms with van der Waals surface area (Å²) in [6.07, 6.45) is 2.69. The zero-order chi connectivity index (χ0) is 28.9. The number of fused-ring (bicyclic) bond motifs is 1. The first-order valence-electron chi connectivity index (χ1n) is 13.6. The minimum atomic E-state index is -0.139. The van der Waals surface area contributed by atoms with Crippen molar-refractivity contribution in [3.63, 3.8) is 0 Å². The predicted octanol–water partition coefficient (Wildman–Crippen LogP) is 8.78. The summed E-state index contributed by atoms with van der Waals surface area (Å²) in [5, 5.41) is 12.0. The number of hydrogen-bond acceptors (Lipinski definition) is 3. The highest BCUT2D eigenvalue weighted by atomic mass is 15.2. The van der Waals surface area contributed by atoms with E-state index >= 15 is 0 Å². The first kappa shape index (κ1) is 36.3. The summed E-state index contributed by atoms with van der Waals surface area (Å²) in [6.45, 7) is 24.5. The smallest absolute Gasteiger partial charge is 0.0818 e. The number of benzene rings is 3. The van der Waals surface area contributed by atoms with Crippen LogP contribution in [-0.4, -0.2) is 26.8 Å². The van der Waals surface area contributed by atoms with Gasteiger partial charge in [-0.15, -0.1) is 0 Å². The van der Waals surface area contributed by atoms with E-state index in [2.05, 4.69) is 111 Å². The molecule has 3 nitrogen and oxygen atoms in total. The summed E-state index contributed by atoms with van der Waals surface area (Å²) < 4.78 is 0. The topological polar surface area (TPSA) is 36.1 Å². The van der Waals surface area contributed by atoms with Crippen molar-refractivity contribution in [2.45, 2.75) is 73.4 Å². The van der Waals surface area contributed by atoms with E-state index in [1.807, 2.05) is 67.0 Å². The maximum atomic E-state index is 4.07. The Bertz CT molecular complexity index is 997. The van der Waals surface area contributed by atoms with Gasteiger partial charge in [-0.1, -0.05) is 128 Å². The van der Waals surface area contributed by atoms with Gasteiger partial charge in [-0.05, 0) is 68.4 Å². The molecule has 3 heteroatoms. The standard InChI is InChI=1S/C15H22N2.C13H14.C2H7N.2C2H6/c1-6-13-9-7-8-10-14(13)11-12(2)17-15(3,4)16-5;1-10(2)12-9-5-7-11-6-3-4-8-13(11)12;1-3-2;2*1-2/h6-10,16-17H,1-2,11H2,3-5H3;3-10H,1-2H3;3H,1-2H3;2*1-2H3. The van der Waals surface area contributed by atoms with Crippen molar-refractivity contribution in [3.8, 4) is 0 Å². The van der Waals surface area contributed by atoms with E-state index in [4.69, 9.17) is 0 Å². The van der Waals surface area contributed by atoms with Gasteiger partial charge in [0.1, 0.15) is 0 Å². The maximum Gasteiger partial charge on any atom is 0.0818 e. The highest BCUT2D eigenvalue weighted by Crippen LogP contribution is 2.24. The molecule has 0 saturated heterocycles. The van der Waals surface area contributed by atoms with E-state index in [-0.39, 0.29) is 5.66 Å². The molecule has 0 saturated carbocycles. The summed E-state index contributed by atoms with van der Waals surface area (Å²) in [5.74, 6) is 0.603. The second-order valence-electron chi connectivity index (χ2n) is 8.91. The van der Waals surface area contributed by atoms with Crippen LogP contribution in [0.4, 0.5) is 0 Å². The fourth-order valence-corrected chi connectivity index (χ4v) is 3.43. The van der Waals surface area contributed by atoms with E-state index in [1.54, 1.807) is 0 Å². The molecule has 0 fully saturated rings. The van der Waals surface area contributed by atoms with Gasteiger partial charge in [0.2, 0.25) is 0 Å². The lowest BCUT2D eigenvalue weighted by Gasteiger charge is -2.28. The SMILES string of the molecule is C=Cc1ccccc1CC(=C)NC(C)(C)NC.CC.CC.CC(C)c1cccc2ccccc12.CNC. The average molecular weight is 506 g/mol. The van der Waals surface area contributed by atoms with Gasteiger partial charge in [0.15, 0.2) is 0 Å². The fourth-order valence-electron chi connectivity index (χ4n) is 3.43. The lowest BCUT2D eigenvalue weighted by atomic mass is 9.96. The second-order valence-corrected chi connectivity index (χ2v) is 8.91. The van der Waals surface area contributed by atoms with Crippen molar-refractivity contribution in [1.82, 2.24) is 16.0 Å². The quantitative estimate of drug-likeness (QED) is 0.281. The largest absolute Gasteiger partial charge is 0.371 e. The van der Waals surface area contributed by atoms with Gasteiger partial charge in [-0.2, -0.15) is 0 Å². The molecule has 0 unspecified atom stereocenters. The van der Waals surface area contributed by atoms with Crippen LogP contribution in [0.15, 0.2) is 85.6 Å². The Morgan fingerprint density at radius 3 is 1.89 bits per heavy atom. The Morgan fingerprint density at radius 1 is 0.838 bits per heavy atom. The summed E-state index contributed by atoms with van der Waals surface area (Å²) >= 11 is 0. The van der Waals surface area contributed by atoms with Gasteiger partial charge in [0.05, 0.1) is 5.66 Å². The monoisotopic (exact) mass is 505 g/mol. The van der Waals surface area contributed by atoms with Crippen LogP contribution in [0.5, 0.6) is 0 Å². The molecule has 0 aliphatic heterocycles. The zero-order valence-electron chi connectivity index (χ0n) is 25.6. The van der Waals surface area contributed by atoms with Crippen LogP contribution in [0.2, 0.25) is 0 Å². The van der Waals surface area contributed by atoms with Crippen molar-refractivity contribution in [2.75, 3.05) is 21.1 Å². The third-order valence-electron chi connectivity index (χ3n) is 5.24. The van der Waals surface area contributed by atoms with Gasteiger partial charge in [0, 0.05) is 12.1 Å². The van der Waals surface area contributed by atoms with Crippen LogP contribution in [0.1, 0.15) is 78.0 Å². The molecule has 3 rings (SSSR count). The van der Waals surface area contributed by atoms with E-state index in [0.29, 0.717) is 5.92 Å². The zero-order valence-corrected chi connectivity index (χ0v) is 25.6. The molecule has 0 atom stereocenters. The van der Waals surface area contributed by atoms with Gasteiger partial charge in [0.25, 0.3) is 0 Å². The summed E-state index contributed by atoms with van der Waals surface area (Å²) in [7, 11) is 5.68. The average Bonchev–Trinajstić information content (AvgIpc) is 2.91. The molecule has 0 aliphatic rings. The molecule has 0 bridgehead atoms. The molecule has 3 N–H and O–H groups in total. The van der Waals surface area contributed by atoms with Crippen LogP contribution in [-0.2, 0) is 6.42 Å². The lowest BCUT2D eigenvalue weighted by molar-refractivity contribution is 0.364. The third-order valence-corrected chi connectivity index (χ3v) is 5.24. The highest BCUT2D eigenvalue weighted by molar-refractivity contribution is 5.86. The first-order valence-corrected chi connectivity index (χ1v) is 13.6. The van der Waals surface area contributed by atoms with Gasteiger partial charge in [-0.3, -0.25) is 5.32 Å². The van der Waals surface area contributed by atoms with Crippen LogP contribution < -0.4 is 16.0 Å². The minimum Gasteiger partial charge on any atom is -0.371 e.